The molecular weight excluding hydrogens is 210 g/mol. The number of aryl methyl sites for hydroxylation is 1. The normalized spacial score (nSPS) is 13.5. The number of nitrogens with zero attached hydrogens (tertiary/aromatic N) is 2. The lowest BCUT2D eigenvalue weighted by molar-refractivity contribution is 0.263. The Morgan fingerprint density at radius 2 is 2.55 bits per heavy atom. The van der Waals surface area contributed by atoms with Crippen LogP contribution in [-0.2, 0) is 7.05 Å². The SMILES string of the molecule is Cn1nc(Br)cc1C(N)CO. The van der Waals surface area contributed by atoms with E-state index in [1.165, 1.54) is 0 Å². The number of halogens is 1. The van der Waals surface area contributed by atoms with Crippen molar-refractivity contribution < 1.29 is 5.11 Å². The van der Waals surface area contributed by atoms with E-state index in [0.29, 0.717) is 0 Å². The fourth-order valence-corrected chi connectivity index (χ4v) is 1.36. The fourth-order valence-electron chi connectivity index (χ4n) is 0.886. The largest absolute Gasteiger partial charge is 0.394 e. The molecule has 0 fully saturated rings. The highest BCUT2D eigenvalue weighted by Gasteiger charge is 2.09. The number of rotatable bonds is 2. The van der Waals surface area contributed by atoms with E-state index in [9.17, 15) is 0 Å². The summed E-state index contributed by atoms with van der Waals surface area (Å²) in [5, 5.41) is 12.8. The number of aromatic nitrogens is 2. The van der Waals surface area contributed by atoms with Crippen LogP contribution in [0.15, 0.2) is 10.7 Å². The highest BCUT2D eigenvalue weighted by Crippen LogP contribution is 2.14. The summed E-state index contributed by atoms with van der Waals surface area (Å²) in [6, 6.07) is 1.44. The van der Waals surface area contributed by atoms with E-state index in [1.54, 1.807) is 17.8 Å². The Morgan fingerprint density at radius 3 is 2.91 bits per heavy atom. The topological polar surface area (TPSA) is 64.1 Å². The summed E-state index contributed by atoms with van der Waals surface area (Å²) in [5.41, 5.74) is 6.40. The van der Waals surface area contributed by atoms with Crippen LogP contribution >= 0.6 is 15.9 Å². The number of nitrogens with two attached hydrogens (primary N) is 1. The molecule has 0 bridgehead atoms. The maximum atomic E-state index is 8.74. The predicted octanol–water partition coefficient (Wildman–Crippen LogP) is 0.175. The van der Waals surface area contributed by atoms with Gasteiger partial charge in [-0.2, -0.15) is 5.10 Å². The van der Waals surface area contributed by atoms with E-state index in [2.05, 4.69) is 21.0 Å². The Kier molecular flexibility index (Phi) is 2.64. The van der Waals surface area contributed by atoms with Crippen molar-refractivity contribution >= 4 is 15.9 Å². The molecule has 0 radical (unpaired) electrons. The number of hydrogen-bond donors (Lipinski definition) is 2. The molecule has 1 heterocycles. The molecule has 0 aliphatic rings. The van der Waals surface area contributed by atoms with Gasteiger partial charge in [0.15, 0.2) is 0 Å². The quantitative estimate of drug-likeness (QED) is 0.746. The molecule has 4 nitrogen and oxygen atoms in total. The first kappa shape index (κ1) is 8.70. The number of hydrogen-bond acceptors (Lipinski definition) is 3. The standard InChI is InChI=1S/C6H10BrN3O/c1-10-5(4(8)3-11)2-6(7)9-10/h2,4,11H,3,8H2,1H3. The molecule has 1 aromatic heterocycles. The van der Waals surface area contributed by atoms with Crippen LogP contribution in [0.25, 0.3) is 0 Å². The van der Waals surface area contributed by atoms with Crippen molar-refractivity contribution in [1.82, 2.24) is 9.78 Å². The molecule has 0 aliphatic carbocycles. The summed E-state index contributed by atoms with van der Waals surface area (Å²) in [7, 11) is 1.79. The van der Waals surface area contributed by atoms with E-state index in [1.807, 2.05) is 0 Å². The smallest absolute Gasteiger partial charge is 0.128 e. The molecule has 62 valence electrons. The Labute approximate surface area is 73.1 Å². The molecule has 11 heavy (non-hydrogen) atoms. The highest BCUT2D eigenvalue weighted by molar-refractivity contribution is 9.10. The average molecular weight is 220 g/mol. The van der Waals surface area contributed by atoms with Gasteiger partial charge in [-0.05, 0) is 22.0 Å². The van der Waals surface area contributed by atoms with Crippen molar-refractivity contribution in [2.45, 2.75) is 6.04 Å². The third kappa shape index (κ3) is 1.79. The molecule has 0 spiro atoms. The van der Waals surface area contributed by atoms with Gasteiger partial charge in [0.1, 0.15) is 4.60 Å². The molecule has 0 amide bonds. The monoisotopic (exact) mass is 219 g/mol. The van der Waals surface area contributed by atoms with Gasteiger partial charge < -0.3 is 10.8 Å². The molecule has 0 saturated heterocycles. The van der Waals surface area contributed by atoms with E-state index in [-0.39, 0.29) is 12.6 Å². The van der Waals surface area contributed by atoms with Crippen LogP contribution in [0.4, 0.5) is 0 Å². The molecule has 1 rings (SSSR count). The summed E-state index contributed by atoms with van der Waals surface area (Å²) in [5.74, 6) is 0. The van der Waals surface area contributed by atoms with Gasteiger partial charge in [0.2, 0.25) is 0 Å². The van der Waals surface area contributed by atoms with E-state index in [4.69, 9.17) is 10.8 Å². The lowest BCUT2D eigenvalue weighted by Gasteiger charge is -2.06. The van der Waals surface area contributed by atoms with Gasteiger partial charge in [0, 0.05) is 7.05 Å². The summed E-state index contributed by atoms with van der Waals surface area (Å²) in [6.07, 6.45) is 0. The van der Waals surface area contributed by atoms with Crippen molar-refractivity contribution in [2.24, 2.45) is 12.8 Å². The molecule has 0 aliphatic heterocycles. The first-order valence-corrected chi connectivity index (χ1v) is 4.00. The summed E-state index contributed by atoms with van der Waals surface area (Å²) < 4.78 is 2.38. The number of aliphatic hydroxyl groups excluding tert-OH is 1. The van der Waals surface area contributed by atoms with Crippen molar-refractivity contribution in [3.63, 3.8) is 0 Å². The van der Waals surface area contributed by atoms with E-state index in [0.717, 1.165) is 10.3 Å². The Balaban J connectivity index is 2.93. The molecule has 5 heteroatoms. The second kappa shape index (κ2) is 3.34. The molecule has 0 saturated carbocycles. The van der Waals surface area contributed by atoms with Gasteiger partial charge >= 0.3 is 0 Å². The number of aliphatic hydroxyl groups is 1. The zero-order chi connectivity index (χ0) is 8.43. The first-order valence-electron chi connectivity index (χ1n) is 3.21. The molecule has 1 atom stereocenters. The van der Waals surface area contributed by atoms with Crippen LogP contribution in [0.5, 0.6) is 0 Å². The Bertz CT molecular complexity index is 248. The highest BCUT2D eigenvalue weighted by atomic mass is 79.9. The lowest BCUT2D eigenvalue weighted by Crippen LogP contribution is -2.17. The van der Waals surface area contributed by atoms with Gasteiger partial charge in [0.25, 0.3) is 0 Å². The van der Waals surface area contributed by atoms with Crippen LogP contribution in [0.1, 0.15) is 11.7 Å². The van der Waals surface area contributed by atoms with Gasteiger partial charge in [-0.15, -0.1) is 0 Å². The van der Waals surface area contributed by atoms with Crippen molar-refractivity contribution in [3.05, 3.63) is 16.4 Å². The summed E-state index contributed by atoms with van der Waals surface area (Å²) in [4.78, 5) is 0. The molecule has 1 aromatic rings. The van der Waals surface area contributed by atoms with Gasteiger partial charge in [-0.25, -0.2) is 0 Å². The zero-order valence-electron chi connectivity index (χ0n) is 6.16. The molecule has 0 aromatic carbocycles. The van der Waals surface area contributed by atoms with Crippen LogP contribution in [-0.4, -0.2) is 21.5 Å². The van der Waals surface area contributed by atoms with Crippen LogP contribution in [0.3, 0.4) is 0 Å². The zero-order valence-corrected chi connectivity index (χ0v) is 7.74. The predicted molar refractivity (Wildman–Crippen MR) is 44.9 cm³/mol. The maximum absolute atomic E-state index is 8.74. The van der Waals surface area contributed by atoms with Crippen molar-refractivity contribution in [1.29, 1.82) is 0 Å². The Morgan fingerprint density at radius 1 is 1.91 bits per heavy atom. The fraction of sp³-hybridized carbons (Fsp3) is 0.500. The van der Waals surface area contributed by atoms with Crippen molar-refractivity contribution in [2.75, 3.05) is 6.61 Å². The van der Waals surface area contributed by atoms with E-state index < -0.39 is 0 Å². The second-order valence-electron chi connectivity index (χ2n) is 2.30. The van der Waals surface area contributed by atoms with Crippen LogP contribution in [0, 0.1) is 0 Å². The van der Waals surface area contributed by atoms with Crippen LogP contribution < -0.4 is 5.73 Å². The lowest BCUT2D eigenvalue weighted by atomic mass is 10.2. The third-order valence-corrected chi connectivity index (χ3v) is 1.85. The molecule has 1 unspecified atom stereocenters. The van der Waals surface area contributed by atoms with Gasteiger partial charge in [0.05, 0.1) is 18.3 Å². The Hall–Kier alpha value is -0.390. The second-order valence-corrected chi connectivity index (χ2v) is 3.12. The van der Waals surface area contributed by atoms with Gasteiger partial charge in [-0.3, -0.25) is 4.68 Å². The summed E-state index contributed by atoms with van der Waals surface area (Å²) in [6.45, 7) is -0.0635. The van der Waals surface area contributed by atoms with Crippen LogP contribution in [0.2, 0.25) is 0 Å². The van der Waals surface area contributed by atoms with Crippen molar-refractivity contribution in [3.8, 4) is 0 Å². The minimum atomic E-state index is -0.348. The summed E-state index contributed by atoms with van der Waals surface area (Å²) >= 11 is 3.21. The maximum Gasteiger partial charge on any atom is 0.128 e. The minimum Gasteiger partial charge on any atom is -0.394 e. The van der Waals surface area contributed by atoms with Gasteiger partial charge in [-0.1, -0.05) is 0 Å². The first-order chi connectivity index (χ1) is 5.15. The third-order valence-electron chi connectivity index (χ3n) is 1.46. The van der Waals surface area contributed by atoms with E-state index >= 15 is 0 Å². The molecule has 3 N–H and O–H groups in total. The minimum absolute atomic E-state index is 0.0635. The average Bonchev–Trinajstić information content (AvgIpc) is 2.28. The molecular formula is C6H10BrN3O.